The molecule has 3 rings (SSSR count). The van der Waals surface area contributed by atoms with E-state index < -0.39 is 0 Å². The average Bonchev–Trinajstić information content (AvgIpc) is 2.59. The highest BCUT2D eigenvalue weighted by Gasteiger charge is 2.14. The van der Waals surface area contributed by atoms with E-state index in [4.69, 9.17) is 9.15 Å². The predicted octanol–water partition coefficient (Wildman–Crippen LogP) is 4.62. The molecule has 2 aromatic carbocycles. The van der Waals surface area contributed by atoms with Crippen molar-refractivity contribution < 1.29 is 13.9 Å². The lowest BCUT2D eigenvalue weighted by molar-refractivity contribution is 0.0922. The van der Waals surface area contributed by atoms with Crippen molar-refractivity contribution in [1.29, 1.82) is 0 Å². The Morgan fingerprint density at radius 2 is 1.77 bits per heavy atom. The van der Waals surface area contributed by atoms with E-state index in [-0.39, 0.29) is 18.0 Å². The van der Waals surface area contributed by atoms with Gasteiger partial charge >= 0.3 is 5.63 Å². The molecule has 0 spiro atoms. The van der Waals surface area contributed by atoms with E-state index in [1.54, 1.807) is 12.1 Å². The van der Waals surface area contributed by atoms with Gasteiger partial charge in [-0.2, -0.15) is 0 Å². The minimum Gasteiger partial charge on any atom is -0.485 e. The monoisotopic (exact) mass is 350 g/mol. The summed E-state index contributed by atoms with van der Waals surface area (Å²) in [6.07, 6.45) is 1.64. The van der Waals surface area contributed by atoms with Crippen molar-refractivity contribution in [2.75, 3.05) is 6.61 Å². The van der Waals surface area contributed by atoms with Crippen molar-refractivity contribution in [2.45, 2.75) is 33.6 Å². The van der Waals surface area contributed by atoms with Gasteiger partial charge in [-0.3, -0.25) is 4.79 Å². The molecular formula is C22H22O4. The van der Waals surface area contributed by atoms with Crippen molar-refractivity contribution in [2.24, 2.45) is 0 Å². The molecule has 0 aliphatic heterocycles. The van der Waals surface area contributed by atoms with Crippen LogP contribution >= 0.6 is 0 Å². The highest BCUT2D eigenvalue weighted by atomic mass is 16.5. The Morgan fingerprint density at radius 3 is 2.46 bits per heavy atom. The highest BCUT2D eigenvalue weighted by molar-refractivity contribution is 5.97. The van der Waals surface area contributed by atoms with Crippen molar-refractivity contribution in [3.8, 4) is 5.75 Å². The minimum absolute atomic E-state index is 0.0632. The smallest absolute Gasteiger partial charge is 0.336 e. The summed E-state index contributed by atoms with van der Waals surface area (Å²) in [7, 11) is 0. The first-order valence-corrected chi connectivity index (χ1v) is 8.78. The molecule has 0 atom stereocenters. The molecule has 0 radical (unpaired) electrons. The summed E-state index contributed by atoms with van der Waals surface area (Å²) in [5.74, 6) is 0.488. The van der Waals surface area contributed by atoms with E-state index >= 15 is 0 Å². The Balaban J connectivity index is 1.95. The van der Waals surface area contributed by atoms with Gasteiger partial charge in [0.05, 0.1) is 5.39 Å². The zero-order valence-electron chi connectivity index (χ0n) is 15.3. The third-order valence-electron chi connectivity index (χ3n) is 4.29. The third-order valence-corrected chi connectivity index (χ3v) is 4.29. The molecule has 0 amide bonds. The van der Waals surface area contributed by atoms with Crippen molar-refractivity contribution in [3.63, 3.8) is 0 Å². The summed E-state index contributed by atoms with van der Waals surface area (Å²) < 4.78 is 11.2. The minimum atomic E-state index is -0.367. The van der Waals surface area contributed by atoms with E-state index in [2.05, 4.69) is 6.92 Å². The lowest BCUT2D eigenvalue weighted by Crippen LogP contribution is -2.12. The predicted molar refractivity (Wildman–Crippen MR) is 102 cm³/mol. The van der Waals surface area contributed by atoms with Crippen LogP contribution in [0.15, 0.2) is 51.7 Å². The van der Waals surface area contributed by atoms with Crippen molar-refractivity contribution in [1.82, 2.24) is 0 Å². The van der Waals surface area contributed by atoms with Gasteiger partial charge in [-0.15, -0.1) is 0 Å². The largest absolute Gasteiger partial charge is 0.485 e. The van der Waals surface area contributed by atoms with Gasteiger partial charge in [-0.25, -0.2) is 4.79 Å². The quantitative estimate of drug-likeness (QED) is 0.481. The van der Waals surface area contributed by atoms with E-state index in [9.17, 15) is 9.59 Å². The van der Waals surface area contributed by atoms with Gasteiger partial charge in [0.2, 0.25) is 0 Å². The van der Waals surface area contributed by atoms with Crippen LogP contribution in [-0.2, 0) is 6.42 Å². The zero-order chi connectivity index (χ0) is 18.7. The fourth-order valence-corrected chi connectivity index (χ4v) is 3.02. The Labute approximate surface area is 152 Å². The molecule has 134 valence electrons. The normalized spacial score (nSPS) is 10.9. The van der Waals surface area contributed by atoms with Gasteiger partial charge in [0.15, 0.2) is 12.4 Å². The Morgan fingerprint density at radius 1 is 1.04 bits per heavy atom. The van der Waals surface area contributed by atoms with Crippen LogP contribution in [0.4, 0.5) is 0 Å². The second kappa shape index (κ2) is 7.56. The van der Waals surface area contributed by atoms with Crippen LogP contribution in [0.3, 0.4) is 0 Å². The molecule has 0 saturated heterocycles. The molecule has 0 saturated carbocycles. The first-order valence-electron chi connectivity index (χ1n) is 8.78. The topological polar surface area (TPSA) is 56.5 Å². The van der Waals surface area contributed by atoms with Crippen LogP contribution < -0.4 is 10.4 Å². The van der Waals surface area contributed by atoms with Crippen LogP contribution in [-0.4, -0.2) is 12.4 Å². The number of carbonyl (C=O) groups excluding carboxylic acids is 1. The van der Waals surface area contributed by atoms with E-state index in [1.165, 1.54) is 6.07 Å². The summed E-state index contributed by atoms with van der Waals surface area (Å²) in [6.45, 7) is 5.87. The number of carbonyl (C=O) groups is 1. The molecule has 0 aliphatic carbocycles. The van der Waals surface area contributed by atoms with E-state index in [1.807, 2.05) is 38.1 Å². The lowest BCUT2D eigenvalue weighted by Gasteiger charge is -2.12. The zero-order valence-corrected chi connectivity index (χ0v) is 15.3. The van der Waals surface area contributed by atoms with Crippen LogP contribution in [0.1, 0.15) is 40.4 Å². The molecule has 4 heteroatoms. The van der Waals surface area contributed by atoms with E-state index in [0.29, 0.717) is 16.9 Å². The number of hydrogen-bond acceptors (Lipinski definition) is 4. The number of Topliss-reactive ketones (excluding diaryl/α,β-unsaturated/α-hetero) is 1. The number of fused-ring (bicyclic) bond motifs is 1. The second-order valence-corrected chi connectivity index (χ2v) is 6.55. The Bertz CT molecular complexity index is 997. The maximum Gasteiger partial charge on any atom is 0.336 e. The maximum atomic E-state index is 12.4. The van der Waals surface area contributed by atoms with E-state index in [0.717, 1.165) is 34.9 Å². The SMILES string of the molecule is CCCc1cc(=O)oc2cc(C)cc(OCC(=O)c3ccc(C)cc3)c12. The fourth-order valence-electron chi connectivity index (χ4n) is 3.02. The molecule has 0 unspecified atom stereocenters. The number of aryl methyl sites for hydroxylation is 3. The van der Waals surface area contributed by atoms with Gasteiger partial charge in [0, 0.05) is 11.6 Å². The van der Waals surface area contributed by atoms with Gasteiger partial charge in [0.1, 0.15) is 11.3 Å². The van der Waals surface area contributed by atoms with Crippen LogP contribution in [0.5, 0.6) is 5.75 Å². The molecule has 0 N–H and O–H groups in total. The van der Waals surface area contributed by atoms with Crippen LogP contribution in [0.25, 0.3) is 11.0 Å². The number of rotatable bonds is 6. The molecule has 1 aromatic heterocycles. The fraction of sp³-hybridized carbons (Fsp3) is 0.273. The molecule has 0 bridgehead atoms. The Kier molecular flexibility index (Phi) is 5.21. The Hall–Kier alpha value is -2.88. The van der Waals surface area contributed by atoms with Crippen LogP contribution in [0.2, 0.25) is 0 Å². The van der Waals surface area contributed by atoms with Crippen molar-refractivity contribution in [3.05, 3.63) is 75.1 Å². The second-order valence-electron chi connectivity index (χ2n) is 6.55. The first-order chi connectivity index (χ1) is 12.5. The summed E-state index contributed by atoms with van der Waals surface area (Å²) in [4.78, 5) is 24.2. The summed E-state index contributed by atoms with van der Waals surface area (Å²) >= 11 is 0. The summed E-state index contributed by atoms with van der Waals surface area (Å²) in [5, 5.41) is 0.772. The molecule has 0 aliphatic rings. The molecule has 0 fully saturated rings. The van der Waals surface area contributed by atoms with Gasteiger partial charge in [-0.1, -0.05) is 43.2 Å². The van der Waals surface area contributed by atoms with Gasteiger partial charge in [-0.05, 0) is 43.5 Å². The molecule has 4 nitrogen and oxygen atoms in total. The summed E-state index contributed by atoms with van der Waals surface area (Å²) in [6, 6.07) is 12.6. The molecule has 26 heavy (non-hydrogen) atoms. The number of ether oxygens (including phenoxy) is 1. The number of benzene rings is 2. The lowest BCUT2D eigenvalue weighted by atomic mass is 10.0. The van der Waals surface area contributed by atoms with Gasteiger partial charge in [0.25, 0.3) is 0 Å². The first kappa shape index (κ1) is 17.9. The van der Waals surface area contributed by atoms with Crippen LogP contribution in [0, 0.1) is 13.8 Å². The molecule has 1 heterocycles. The number of hydrogen-bond donors (Lipinski definition) is 0. The third kappa shape index (κ3) is 3.85. The van der Waals surface area contributed by atoms with Gasteiger partial charge < -0.3 is 9.15 Å². The average molecular weight is 350 g/mol. The number of ketones is 1. The maximum absolute atomic E-state index is 12.4. The molecular weight excluding hydrogens is 328 g/mol. The van der Waals surface area contributed by atoms with Crippen molar-refractivity contribution >= 4 is 16.8 Å². The molecule has 3 aromatic rings. The highest BCUT2D eigenvalue weighted by Crippen LogP contribution is 2.30. The summed E-state index contributed by atoms with van der Waals surface area (Å²) in [5.41, 5.74) is 3.65. The standard InChI is InChI=1S/C22H22O4/c1-4-5-17-12-21(24)26-20-11-15(3)10-19(22(17)20)25-13-18(23)16-8-6-14(2)7-9-16/h6-12H,4-5,13H2,1-3H3.